The number of ether oxygens (including phenoxy) is 1. The minimum atomic E-state index is -0.826. The second kappa shape index (κ2) is 5.09. The van der Waals surface area contributed by atoms with Gasteiger partial charge < -0.3 is 9.84 Å². The highest BCUT2D eigenvalue weighted by molar-refractivity contribution is 6.30. The summed E-state index contributed by atoms with van der Waals surface area (Å²) in [6.45, 7) is -0.408. The molecule has 0 saturated heterocycles. The Bertz CT molecular complexity index is 368. The van der Waals surface area contributed by atoms with Crippen molar-refractivity contribution in [2.75, 3.05) is 13.7 Å². The van der Waals surface area contributed by atoms with Gasteiger partial charge in [-0.2, -0.15) is 0 Å². The van der Waals surface area contributed by atoms with Crippen LogP contribution in [0.3, 0.4) is 0 Å². The summed E-state index contributed by atoms with van der Waals surface area (Å²) in [5.41, 5.74) is 0.427. The van der Waals surface area contributed by atoms with Crippen molar-refractivity contribution >= 4 is 17.6 Å². The van der Waals surface area contributed by atoms with Gasteiger partial charge in [0.25, 0.3) is 0 Å². The summed E-state index contributed by atoms with van der Waals surface area (Å²) in [4.78, 5) is 11.2. The van der Waals surface area contributed by atoms with E-state index in [2.05, 4.69) is 4.74 Å². The molecule has 1 aromatic carbocycles. The van der Waals surface area contributed by atoms with Crippen LogP contribution in [0, 0.1) is 5.82 Å². The number of aliphatic hydroxyl groups excluding tert-OH is 1. The highest BCUT2D eigenvalue weighted by Gasteiger charge is 2.21. The van der Waals surface area contributed by atoms with Crippen LogP contribution < -0.4 is 0 Å². The fraction of sp³-hybridized carbons (Fsp3) is 0.300. The van der Waals surface area contributed by atoms with Crippen molar-refractivity contribution in [2.45, 2.75) is 5.92 Å². The molecule has 15 heavy (non-hydrogen) atoms. The fourth-order valence-electron chi connectivity index (χ4n) is 1.19. The Labute approximate surface area is 91.4 Å². The van der Waals surface area contributed by atoms with E-state index in [9.17, 15) is 9.18 Å². The van der Waals surface area contributed by atoms with E-state index in [4.69, 9.17) is 16.7 Å². The second-order valence-electron chi connectivity index (χ2n) is 2.93. The first-order chi connectivity index (χ1) is 7.10. The molecule has 1 N–H and O–H groups in total. The van der Waals surface area contributed by atoms with Gasteiger partial charge in [-0.25, -0.2) is 4.39 Å². The average molecular weight is 233 g/mol. The van der Waals surface area contributed by atoms with Gasteiger partial charge in [0.15, 0.2) is 0 Å². The van der Waals surface area contributed by atoms with Gasteiger partial charge in [0.05, 0.1) is 18.7 Å². The molecule has 0 spiro atoms. The predicted octanol–water partition coefficient (Wildman–Crippen LogP) is 1.73. The van der Waals surface area contributed by atoms with Crippen molar-refractivity contribution in [1.29, 1.82) is 0 Å². The molecular weight excluding hydrogens is 223 g/mol. The van der Waals surface area contributed by atoms with Crippen LogP contribution in [0.25, 0.3) is 0 Å². The number of benzene rings is 1. The fourth-order valence-corrected chi connectivity index (χ4v) is 1.38. The van der Waals surface area contributed by atoms with Crippen LogP contribution in [0.2, 0.25) is 5.02 Å². The molecule has 5 heteroatoms. The van der Waals surface area contributed by atoms with Gasteiger partial charge in [0.1, 0.15) is 11.7 Å². The molecule has 1 aromatic rings. The van der Waals surface area contributed by atoms with Crippen LogP contribution in [0.4, 0.5) is 4.39 Å². The lowest BCUT2D eigenvalue weighted by Crippen LogP contribution is -2.17. The monoisotopic (exact) mass is 232 g/mol. The van der Waals surface area contributed by atoms with Crippen molar-refractivity contribution in [2.24, 2.45) is 0 Å². The zero-order valence-corrected chi connectivity index (χ0v) is 8.79. The summed E-state index contributed by atoms with van der Waals surface area (Å²) in [5.74, 6) is -1.98. The number of rotatable bonds is 3. The van der Waals surface area contributed by atoms with Gasteiger partial charge in [0.2, 0.25) is 0 Å². The molecule has 1 rings (SSSR count). The number of hydrogen-bond acceptors (Lipinski definition) is 3. The Morgan fingerprint density at radius 1 is 1.67 bits per heavy atom. The number of hydrogen-bond donors (Lipinski definition) is 1. The van der Waals surface area contributed by atoms with Gasteiger partial charge in [-0.3, -0.25) is 4.79 Å². The highest BCUT2D eigenvalue weighted by atomic mass is 35.5. The first-order valence-electron chi connectivity index (χ1n) is 4.23. The summed E-state index contributed by atoms with van der Waals surface area (Å²) in [6, 6.07) is 3.83. The second-order valence-corrected chi connectivity index (χ2v) is 3.34. The van der Waals surface area contributed by atoms with E-state index in [-0.39, 0.29) is 5.02 Å². The van der Waals surface area contributed by atoms with Crippen LogP contribution >= 0.6 is 11.6 Å². The van der Waals surface area contributed by atoms with Gasteiger partial charge in [-0.05, 0) is 17.7 Å². The maximum Gasteiger partial charge on any atom is 0.315 e. The van der Waals surface area contributed by atoms with Crippen molar-refractivity contribution in [3.05, 3.63) is 34.6 Å². The first-order valence-corrected chi connectivity index (χ1v) is 4.61. The largest absolute Gasteiger partial charge is 0.468 e. The molecule has 0 bridgehead atoms. The van der Waals surface area contributed by atoms with Crippen molar-refractivity contribution < 1.29 is 19.0 Å². The molecule has 0 aliphatic carbocycles. The Hall–Kier alpha value is -1.13. The minimum Gasteiger partial charge on any atom is -0.468 e. The third-order valence-electron chi connectivity index (χ3n) is 2.01. The van der Waals surface area contributed by atoms with Gasteiger partial charge in [-0.15, -0.1) is 0 Å². The molecule has 1 unspecified atom stereocenters. The summed E-state index contributed by atoms with van der Waals surface area (Å²) in [6.07, 6.45) is 0. The number of aliphatic hydroxyl groups is 1. The van der Waals surface area contributed by atoms with Gasteiger partial charge in [-0.1, -0.05) is 17.7 Å². The van der Waals surface area contributed by atoms with Gasteiger partial charge in [0, 0.05) is 0 Å². The maximum absolute atomic E-state index is 12.8. The lowest BCUT2D eigenvalue weighted by atomic mass is 10.0. The summed E-state index contributed by atoms with van der Waals surface area (Å²) >= 11 is 5.55. The van der Waals surface area contributed by atoms with E-state index in [1.165, 1.54) is 19.2 Å². The molecule has 0 heterocycles. The number of esters is 1. The van der Waals surface area contributed by atoms with Crippen molar-refractivity contribution in [3.8, 4) is 0 Å². The SMILES string of the molecule is COC(=O)C(CO)c1ccc(F)c(Cl)c1. The van der Waals surface area contributed by atoms with Crippen LogP contribution in [-0.4, -0.2) is 24.8 Å². The van der Waals surface area contributed by atoms with Crippen LogP contribution in [-0.2, 0) is 9.53 Å². The third-order valence-corrected chi connectivity index (χ3v) is 2.30. The van der Waals surface area contributed by atoms with Gasteiger partial charge >= 0.3 is 5.97 Å². The molecule has 0 fully saturated rings. The molecule has 82 valence electrons. The minimum absolute atomic E-state index is 0.0881. The topological polar surface area (TPSA) is 46.5 Å². The van der Waals surface area contributed by atoms with E-state index < -0.39 is 24.3 Å². The Balaban J connectivity index is 3.02. The molecule has 1 atom stereocenters. The summed E-state index contributed by atoms with van der Waals surface area (Å²) < 4.78 is 17.3. The predicted molar refractivity (Wildman–Crippen MR) is 53.3 cm³/mol. The van der Waals surface area contributed by atoms with E-state index in [0.717, 1.165) is 6.07 Å². The van der Waals surface area contributed by atoms with E-state index in [1.54, 1.807) is 0 Å². The Morgan fingerprint density at radius 2 is 2.33 bits per heavy atom. The Kier molecular flexibility index (Phi) is 4.05. The number of methoxy groups -OCH3 is 1. The first kappa shape index (κ1) is 11.9. The molecule has 0 aromatic heterocycles. The van der Waals surface area contributed by atoms with Crippen molar-refractivity contribution in [1.82, 2.24) is 0 Å². The normalized spacial score (nSPS) is 12.3. The lowest BCUT2D eigenvalue weighted by Gasteiger charge is -2.12. The molecular formula is C10H10ClFO3. The molecule has 0 aliphatic rings. The number of halogens is 2. The van der Waals surface area contributed by atoms with E-state index in [0.29, 0.717) is 5.56 Å². The molecule has 0 radical (unpaired) electrons. The lowest BCUT2D eigenvalue weighted by molar-refractivity contribution is -0.143. The third kappa shape index (κ3) is 2.67. The number of carbonyl (C=O) groups is 1. The highest BCUT2D eigenvalue weighted by Crippen LogP contribution is 2.22. The number of carbonyl (C=O) groups excluding carboxylic acids is 1. The molecule has 0 amide bonds. The standard InChI is InChI=1S/C10H10ClFO3/c1-15-10(14)7(5-13)6-2-3-9(12)8(11)4-6/h2-4,7,13H,5H2,1H3. The van der Waals surface area contributed by atoms with E-state index >= 15 is 0 Å². The molecule has 3 nitrogen and oxygen atoms in total. The van der Waals surface area contributed by atoms with Crippen LogP contribution in [0.5, 0.6) is 0 Å². The van der Waals surface area contributed by atoms with E-state index in [1.807, 2.05) is 0 Å². The smallest absolute Gasteiger partial charge is 0.315 e. The maximum atomic E-state index is 12.8. The molecule has 0 aliphatic heterocycles. The van der Waals surface area contributed by atoms with Crippen molar-refractivity contribution in [3.63, 3.8) is 0 Å². The summed E-state index contributed by atoms with van der Waals surface area (Å²) in [5, 5.41) is 8.92. The molecule has 0 saturated carbocycles. The summed E-state index contributed by atoms with van der Waals surface area (Å²) in [7, 11) is 1.22. The quantitative estimate of drug-likeness (QED) is 0.808. The van der Waals surface area contributed by atoms with Crippen LogP contribution in [0.1, 0.15) is 11.5 Å². The zero-order valence-electron chi connectivity index (χ0n) is 8.04. The average Bonchev–Trinajstić information content (AvgIpc) is 2.24. The van der Waals surface area contributed by atoms with Crippen LogP contribution in [0.15, 0.2) is 18.2 Å². The zero-order chi connectivity index (χ0) is 11.4. The Morgan fingerprint density at radius 3 is 2.80 bits per heavy atom.